The summed E-state index contributed by atoms with van der Waals surface area (Å²) in [7, 11) is 0. The van der Waals surface area contributed by atoms with E-state index in [1.54, 1.807) is 0 Å². The molecule has 0 amide bonds. The van der Waals surface area contributed by atoms with Crippen LogP contribution in [-0.2, 0) is 5.92 Å². The standard InChI is InChI=1S/C17H7Cl3F5N3O2/c18-8-5-4-7(6-9(8)19)30-12-13(16(21,22)17(23,24)25)27-14(28-15(12)29)10-2-1-3-11(20)26-10/h1-6H,(H,27,28,29). The number of nitrogens with zero attached hydrogens (tertiary/aromatic N) is 2. The van der Waals surface area contributed by atoms with Crippen LogP contribution in [0.15, 0.2) is 41.2 Å². The molecule has 0 spiro atoms. The smallest absolute Gasteiger partial charge is 0.449 e. The molecule has 0 radical (unpaired) electrons. The molecule has 13 heteroatoms. The van der Waals surface area contributed by atoms with Crippen LogP contribution >= 0.6 is 34.8 Å². The second kappa shape index (κ2) is 8.01. The third kappa shape index (κ3) is 4.35. The monoisotopic (exact) mass is 485 g/mol. The van der Waals surface area contributed by atoms with Gasteiger partial charge in [-0.25, -0.2) is 9.97 Å². The van der Waals surface area contributed by atoms with E-state index in [4.69, 9.17) is 39.5 Å². The van der Waals surface area contributed by atoms with E-state index in [-0.39, 0.29) is 26.6 Å². The molecule has 1 N–H and O–H groups in total. The van der Waals surface area contributed by atoms with Crippen LogP contribution in [0.4, 0.5) is 22.0 Å². The number of aromatic nitrogens is 3. The lowest BCUT2D eigenvalue weighted by Gasteiger charge is -2.21. The number of pyridine rings is 1. The normalized spacial score (nSPS) is 12.1. The second-order valence-electron chi connectivity index (χ2n) is 5.69. The summed E-state index contributed by atoms with van der Waals surface area (Å²) in [5.74, 6) is -7.88. The highest BCUT2D eigenvalue weighted by atomic mass is 35.5. The number of hydrogen-bond acceptors (Lipinski definition) is 4. The maximum Gasteiger partial charge on any atom is 0.459 e. The Balaban J connectivity index is 2.22. The van der Waals surface area contributed by atoms with Crippen molar-refractivity contribution in [3.63, 3.8) is 0 Å². The van der Waals surface area contributed by atoms with E-state index in [0.29, 0.717) is 0 Å². The number of rotatable bonds is 4. The Labute approximate surface area is 179 Å². The summed E-state index contributed by atoms with van der Waals surface area (Å²) in [6.07, 6.45) is -6.07. The van der Waals surface area contributed by atoms with Gasteiger partial charge in [-0.05, 0) is 24.3 Å². The minimum absolute atomic E-state index is 0.0688. The highest BCUT2D eigenvalue weighted by Crippen LogP contribution is 2.46. The van der Waals surface area contributed by atoms with Crippen molar-refractivity contribution in [1.82, 2.24) is 15.0 Å². The molecule has 3 aromatic rings. The van der Waals surface area contributed by atoms with E-state index in [1.165, 1.54) is 24.3 Å². The van der Waals surface area contributed by atoms with Gasteiger partial charge >= 0.3 is 12.1 Å². The van der Waals surface area contributed by atoms with Gasteiger partial charge in [-0.1, -0.05) is 40.9 Å². The zero-order chi connectivity index (χ0) is 22.3. The van der Waals surface area contributed by atoms with Gasteiger partial charge in [-0.15, -0.1) is 0 Å². The van der Waals surface area contributed by atoms with Crippen LogP contribution in [-0.4, -0.2) is 21.1 Å². The summed E-state index contributed by atoms with van der Waals surface area (Å²) in [4.78, 5) is 21.5. The summed E-state index contributed by atoms with van der Waals surface area (Å²) in [6.45, 7) is 0. The minimum Gasteiger partial charge on any atom is -0.449 e. The summed E-state index contributed by atoms with van der Waals surface area (Å²) >= 11 is 17.2. The maximum atomic E-state index is 14.2. The fraction of sp³-hybridized carbons (Fsp3) is 0.118. The van der Waals surface area contributed by atoms with Crippen LogP contribution in [0, 0.1) is 0 Å². The molecule has 0 unspecified atom stereocenters. The minimum atomic E-state index is -6.07. The molecule has 0 saturated carbocycles. The largest absolute Gasteiger partial charge is 0.459 e. The van der Waals surface area contributed by atoms with Crippen LogP contribution in [0.2, 0.25) is 15.2 Å². The third-order valence-corrected chi connectivity index (χ3v) is 4.55. The predicted molar refractivity (Wildman–Crippen MR) is 99.6 cm³/mol. The van der Waals surface area contributed by atoms with E-state index in [2.05, 4.69) is 15.0 Å². The van der Waals surface area contributed by atoms with Crippen molar-refractivity contribution >= 4 is 34.8 Å². The number of H-pyrrole nitrogens is 1. The molecule has 30 heavy (non-hydrogen) atoms. The molecule has 0 fully saturated rings. The lowest BCUT2D eigenvalue weighted by molar-refractivity contribution is -0.291. The number of nitrogens with one attached hydrogen (secondary N) is 1. The number of alkyl halides is 5. The summed E-state index contributed by atoms with van der Waals surface area (Å²) in [5, 5.41) is -0.114. The molecule has 5 nitrogen and oxygen atoms in total. The van der Waals surface area contributed by atoms with Gasteiger partial charge in [0, 0.05) is 6.07 Å². The lowest BCUT2D eigenvalue weighted by atomic mass is 10.2. The Morgan fingerprint density at radius 2 is 1.63 bits per heavy atom. The molecule has 3 rings (SSSR count). The molecule has 2 heterocycles. The summed E-state index contributed by atoms with van der Waals surface area (Å²) < 4.78 is 72.6. The highest BCUT2D eigenvalue weighted by molar-refractivity contribution is 6.42. The first-order valence-corrected chi connectivity index (χ1v) is 8.88. The van der Waals surface area contributed by atoms with E-state index >= 15 is 0 Å². The fourth-order valence-corrected chi connectivity index (χ4v) is 2.68. The maximum absolute atomic E-state index is 14.2. The van der Waals surface area contributed by atoms with E-state index in [9.17, 15) is 26.7 Å². The molecule has 2 aromatic heterocycles. The van der Waals surface area contributed by atoms with Gasteiger partial charge in [-0.3, -0.25) is 4.79 Å². The number of benzene rings is 1. The Hall–Kier alpha value is -2.43. The molecule has 0 aliphatic heterocycles. The van der Waals surface area contributed by atoms with Gasteiger partial charge in [0.15, 0.2) is 11.5 Å². The zero-order valence-electron chi connectivity index (χ0n) is 14.2. The molecule has 0 bridgehead atoms. The van der Waals surface area contributed by atoms with Crippen molar-refractivity contribution in [1.29, 1.82) is 0 Å². The first-order chi connectivity index (χ1) is 13.9. The highest BCUT2D eigenvalue weighted by Gasteiger charge is 2.62. The third-order valence-electron chi connectivity index (χ3n) is 3.60. The number of ether oxygens (including phenoxy) is 1. The van der Waals surface area contributed by atoms with Gasteiger partial charge in [0.05, 0.1) is 10.0 Å². The second-order valence-corrected chi connectivity index (χ2v) is 6.89. The van der Waals surface area contributed by atoms with Crippen LogP contribution < -0.4 is 10.3 Å². The van der Waals surface area contributed by atoms with Crippen LogP contribution in [0.25, 0.3) is 11.5 Å². The molecular weight excluding hydrogens is 480 g/mol. The average molecular weight is 487 g/mol. The Bertz CT molecular complexity index is 1170. The molecule has 0 aliphatic rings. The van der Waals surface area contributed by atoms with Crippen LogP contribution in [0.3, 0.4) is 0 Å². The van der Waals surface area contributed by atoms with E-state index in [0.717, 1.165) is 12.1 Å². The Morgan fingerprint density at radius 3 is 2.23 bits per heavy atom. The van der Waals surface area contributed by atoms with Crippen molar-refractivity contribution in [2.75, 3.05) is 0 Å². The van der Waals surface area contributed by atoms with E-state index in [1.807, 2.05) is 0 Å². The summed E-state index contributed by atoms with van der Waals surface area (Å²) in [5.41, 5.74) is -3.60. The number of aromatic amines is 1. The van der Waals surface area contributed by atoms with Crippen molar-refractivity contribution in [2.45, 2.75) is 12.1 Å². The van der Waals surface area contributed by atoms with Crippen LogP contribution in [0.5, 0.6) is 11.5 Å². The number of hydrogen-bond donors (Lipinski definition) is 1. The first-order valence-electron chi connectivity index (χ1n) is 7.75. The molecule has 0 aliphatic carbocycles. The van der Waals surface area contributed by atoms with Crippen LogP contribution in [0.1, 0.15) is 5.69 Å². The molecular formula is C17H7Cl3F5N3O2. The average Bonchev–Trinajstić information content (AvgIpc) is 2.65. The van der Waals surface area contributed by atoms with Crippen molar-refractivity contribution in [3.8, 4) is 23.0 Å². The molecule has 1 aromatic carbocycles. The molecule has 0 atom stereocenters. The zero-order valence-corrected chi connectivity index (χ0v) is 16.5. The summed E-state index contributed by atoms with van der Waals surface area (Å²) in [6, 6.07) is 7.23. The fourth-order valence-electron chi connectivity index (χ4n) is 2.22. The van der Waals surface area contributed by atoms with Crippen molar-refractivity contribution in [2.24, 2.45) is 0 Å². The van der Waals surface area contributed by atoms with Gasteiger partial charge < -0.3 is 9.72 Å². The SMILES string of the molecule is O=c1[nH]c(-c2cccc(Cl)n2)nc(C(F)(F)C(F)(F)F)c1Oc1ccc(Cl)c(Cl)c1. The first kappa shape index (κ1) is 22.3. The van der Waals surface area contributed by atoms with E-state index < -0.39 is 34.9 Å². The quantitative estimate of drug-likeness (QED) is 0.350. The van der Waals surface area contributed by atoms with Gasteiger partial charge in [0.25, 0.3) is 5.56 Å². The topological polar surface area (TPSA) is 67.9 Å². The molecule has 158 valence electrons. The van der Waals surface area contributed by atoms with Crippen molar-refractivity contribution < 1.29 is 26.7 Å². The number of halogens is 8. The van der Waals surface area contributed by atoms with Gasteiger partial charge in [-0.2, -0.15) is 22.0 Å². The molecule has 0 saturated heterocycles. The lowest BCUT2D eigenvalue weighted by Crippen LogP contribution is -2.36. The Kier molecular flexibility index (Phi) is 5.94. The van der Waals surface area contributed by atoms with Gasteiger partial charge in [0.2, 0.25) is 5.75 Å². The Morgan fingerprint density at radius 1 is 0.933 bits per heavy atom. The van der Waals surface area contributed by atoms with Crippen molar-refractivity contribution in [3.05, 3.63) is 67.6 Å². The van der Waals surface area contributed by atoms with Gasteiger partial charge in [0.1, 0.15) is 16.6 Å². The predicted octanol–water partition coefficient (Wildman–Crippen LogP) is 6.24.